The number of aromatic nitrogens is 4. The number of carbonyl (C=O) groups excluding carboxylic acids is 4. The van der Waals surface area contributed by atoms with Gasteiger partial charge in [-0.2, -0.15) is 0 Å². The molecule has 4 N–H and O–H groups in total. The molecule has 6 heterocycles. The minimum Gasteiger partial charge on any atom is -0.488 e. The normalized spacial score (nSPS) is 21.5. The first-order chi connectivity index (χ1) is 30.6. The van der Waals surface area contributed by atoms with E-state index in [1.54, 1.807) is 9.80 Å². The standard InChI is InChI=1S/C46H56Cl2N8O8/c1-9-23(5)35(51-45(59)61-7)43(57)55-17-21(3)11-29(55)41-49-37(39(47)53-41)25-13-27-19-64-32-16-26(14-28-20-63-31(15-25)33(27)34(28)32)38-40(48)54-42(50-38)30-12-22(4)18-56(30)44(58)36(24(6)10-2)52-46(60)62-8/h13-16,21-24,29-30,35-36H,9-12,17-20H2,1-8H3,(H,49,53)(H,50,54)(H,51,59)(H,52,60)/t21-,22-,23+,24+,29+,30+,35+,36+/m1/s1. The molecule has 4 amide bonds. The molecule has 0 bridgehead atoms. The highest BCUT2D eigenvalue weighted by Crippen LogP contribution is 2.52. The van der Waals surface area contributed by atoms with E-state index in [2.05, 4.69) is 34.4 Å². The van der Waals surface area contributed by atoms with Crippen molar-refractivity contribution in [1.82, 2.24) is 40.4 Å². The second-order valence-corrected chi connectivity index (χ2v) is 18.6. The van der Waals surface area contributed by atoms with Crippen LogP contribution in [0.15, 0.2) is 24.3 Å². The van der Waals surface area contributed by atoms with Crippen molar-refractivity contribution >= 4 is 47.2 Å². The van der Waals surface area contributed by atoms with Gasteiger partial charge in [-0.3, -0.25) is 9.59 Å². The molecule has 2 saturated heterocycles. The Morgan fingerprint density at radius 2 is 1.11 bits per heavy atom. The molecule has 0 radical (unpaired) electrons. The molecular formula is C46H56Cl2N8O8. The molecule has 64 heavy (non-hydrogen) atoms. The Kier molecular flexibility index (Phi) is 12.8. The van der Waals surface area contributed by atoms with Gasteiger partial charge in [0.1, 0.15) is 48.4 Å². The maximum atomic E-state index is 14.1. The van der Waals surface area contributed by atoms with Crippen LogP contribution in [0.3, 0.4) is 0 Å². The number of alkyl carbamates (subject to hydrolysis) is 2. The minimum absolute atomic E-state index is 0.120. The smallest absolute Gasteiger partial charge is 0.407 e. The van der Waals surface area contributed by atoms with Crippen molar-refractivity contribution in [2.24, 2.45) is 23.7 Å². The number of aromatic amines is 2. The summed E-state index contributed by atoms with van der Waals surface area (Å²) in [6.45, 7) is 13.5. The van der Waals surface area contributed by atoms with Gasteiger partial charge in [0.05, 0.1) is 37.7 Å². The molecular weight excluding hydrogens is 863 g/mol. The molecule has 342 valence electrons. The van der Waals surface area contributed by atoms with Crippen molar-refractivity contribution < 1.29 is 38.1 Å². The largest absolute Gasteiger partial charge is 0.488 e. The monoisotopic (exact) mass is 918 g/mol. The van der Waals surface area contributed by atoms with Gasteiger partial charge in [-0.15, -0.1) is 0 Å². The average Bonchev–Trinajstić information content (AvgIpc) is 4.09. The highest BCUT2D eigenvalue weighted by molar-refractivity contribution is 6.32. The average molecular weight is 920 g/mol. The van der Waals surface area contributed by atoms with E-state index in [9.17, 15) is 19.2 Å². The third-order valence-corrected chi connectivity index (χ3v) is 14.0. The van der Waals surface area contributed by atoms with Crippen molar-refractivity contribution in [3.05, 3.63) is 57.3 Å². The Bertz CT molecular complexity index is 2250. The number of hydrogen-bond donors (Lipinski definition) is 4. The topological polar surface area (TPSA) is 193 Å². The number of imidazole rings is 2. The molecule has 0 saturated carbocycles. The molecule has 2 aromatic heterocycles. The number of methoxy groups -OCH3 is 2. The van der Waals surface area contributed by atoms with Crippen molar-refractivity contribution in [3.8, 4) is 45.1 Å². The number of amides is 4. The van der Waals surface area contributed by atoms with Crippen LogP contribution in [-0.4, -0.2) is 93.1 Å². The number of carbonyl (C=O) groups is 4. The van der Waals surface area contributed by atoms with Gasteiger partial charge < -0.3 is 49.3 Å². The first-order valence-corrected chi connectivity index (χ1v) is 22.8. The first-order valence-electron chi connectivity index (χ1n) is 22.1. The summed E-state index contributed by atoms with van der Waals surface area (Å²) in [5.41, 5.74) is 6.43. The molecule has 2 aromatic carbocycles. The maximum absolute atomic E-state index is 14.1. The van der Waals surface area contributed by atoms with Crippen molar-refractivity contribution in [2.45, 2.75) is 105 Å². The summed E-state index contributed by atoms with van der Waals surface area (Å²) in [6, 6.07) is 5.69. The van der Waals surface area contributed by atoms with Crippen LogP contribution in [0, 0.1) is 23.7 Å². The third-order valence-electron chi connectivity index (χ3n) is 13.4. The molecule has 2 fully saturated rings. The number of ether oxygens (including phenoxy) is 4. The van der Waals surface area contributed by atoms with Gasteiger partial charge in [0, 0.05) is 46.5 Å². The fourth-order valence-corrected chi connectivity index (χ4v) is 10.1. The van der Waals surface area contributed by atoms with Gasteiger partial charge in [0.25, 0.3) is 0 Å². The van der Waals surface area contributed by atoms with Crippen LogP contribution >= 0.6 is 23.2 Å². The van der Waals surface area contributed by atoms with E-state index >= 15 is 0 Å². The lowest BCUT2D eigenvalue weighted by Crippen LogP contribution is -2.51. The van der Waals surface area contributed by atoms with Gasteiger partial charge in [-0.05, 0) is 60.8 Å². The van der Waals surface area contributed by atoms with Crippen molar-refractivity contribution in [3.63, 3.8) is 0 Å². The number of benzene rings is 2. The van der Waals surface area contributed by atoms with Gasteiger partial charge in [0.2, 0.25) is 11.8 Å². The van der Waals surface area contributed by atoms with Gasteiger partial charge >= 0.3 is 12.2 Å². The predicted molar refractivity (Wildman–Crippen MR) is 240 cm³/mol. The molecule has 0 spiro atoms. The van der Waals surface area contributed by atoms with E-state index in [1.165, 1.54) is 14.2 Å². The number of nitrogens with one attached hydrogen (secondary N) is 4. The Balaban J connectivity index is 1.06. The molecule has 18 heteroatoms. The first kappa shape index (κ1) is 45.1. The Morgan fingerprint density at radius 1 is 0.719 bits per heavy atom. The van der Waals surface area contributed by atoms with Gasteiger partial charge in [0.15, 0.2) is 10.3 Å². The van der Waals surface area contributed by atoms with Crippen molar-refractivity contribution in [1.29, 1.82) is 0 Å². The van der Waals surface area contributed by atoms with Crippen LogP contribution in [-0.2, 0) is 32.3 Å². The second kappa shape index (κ2) is 18.2. The number of likely N-dealkylation sites (tertiary alicyclic amines) is 2. The maximum Gasteiger partial charge on any atom is 0.407 e. The number of rotatable bonds is 12. The Morgan fingerprint density at radius 3 is 1.47 bits per heavy atom. The van der Waals surface area contributed by atoms with E-state index in [1.807, 2.05) is 52.0 Å². The van der Waals surface area contributed by atoms with Gasteiger partial charge in [-0.25, -0.2) is 19.6 Å². The number of nitrogens with zero attached hydrogens (tertiary/aromatic N) is 4. The van der Waals surface area contributed by atoms with E-state index in [0.29, 0.717) is 73.3 Å². The van der Waals surface area contributed by atoms with E-state index in [4.69, 9.17) is 52.1 Å². The van der Waals surface area contributed by atoms with Crippen molar-refractivity contribution in [2.75, 3.05) is 27.3 Å². The molecule has 0 aliphatic carbocycles. The highest BCUT2D eigenvalue weighted by Gasteiger charge is 2.43. The van der Waals surface area contributed by atoms with E-state index in [-0.39, 0.29) is 71.1 Å². The zero-order valence-corrected chi connectivity index (χ0v) is 38.9. The third kappa shape index (κ3) is 8.34. The Hall–Kier alpha value is -5.48. The number of hydrogen-bond acceptors (Lipinski definition) is 10. The Labute approximate surface area is 382 Å². The number of H-pyrrole nitrogens is 2. The molecule has 4 aromatic rings. The highest BCUT2D eigenvalue weighted by atomic mass is 35.5. The quantitative estimate of drug-likeness (QED) is 0.107. The number of halogens is 2. The molecule has 8 rings (SSSR count). The SMILES string of the molecule is CC[C@H](C)[C@H](NC(=O)OC)C(=O)N1C[C@H](C)C[C@H]1c1nc(Cl)c(-c2cc3c4c(c2)OCc2cc(-c5[nH]c([C@@H]6C[C@@H](C)CN6C(=O)[C@@H](NC(=O)OC)[C@@H](C)CC)nc5Cl)cc(c2-4)OC3)[nH]1. The summed E-state index contributed by atoms with van der Waals surface area (Å²) in [5, 5.41) is 6.03. The minimum atomic E-state index is -0.755. The lowest BCUT2D eigenvalue weighted by atomic mass is 9.87. The fourth-order valence-electron chi connectivity index (χ4n) is 9.60. The van der Waals surface area contributed by atoms with Crippen LogP contribution in [0.2, 0.25) is 10.3 Å². The van der Waals surface area contributed by atoms with Crippen LogP contribution in [0.1, 0.15) is 102 Å². The summed E-state index contributed by atoms with van der Waals surface area (Å²) in [4.78, 5) is 72.6. The zero-order chi connectivity index (χ0) is 45.7. The van der Waals surface area contributed by atoms with Crippen LogP contribution < -0.4 is 20.1 Å². The lowest BCUT2D eigenvalue weighted by molar-refractivity contribution is -0.136. The molecule has 4 aliphatic rings. The summed E-state index contributed by atoms with van der Waals surface area (Å²) < 4.78 is 22.6. The second-order valence-electron chi connectivity index (χ2n) is 17.9. The zero-order valence-electron chi connectivity index (χ0n) is 37.4. The van der Waals surface area contributed by atoms with Crippen LogP contribution in [0.4, 0.5) is 9.59 Å². The van der Waals surface area contributed by atoms with Crippen LogP contribution in [0.25, 0.3) is 33.6 Å². The predicted octanol–water partition coefficient (Wildman–Crippen LogP) is 8.59. The summed E-state index contributed by atoms with van der Waals surface area (Å²) in [6.07, 6.45) is 1.42. The van der Waals surface area contributed by atoms with E-state index < -0.39 is 24.3 Å². The molecule has 16 nitrogen and oxygen atoms in total. The fraction of sp³-hybridized carbons (Fsp3) is 0.522. The van der Waals surface area contributed by atoms with Crippen LogP contribution in [0.5, 0.6) is 11.5 Å². The van der Waals surface area contributed by atoms with Gasteiger partial charge in [-0.1, -0.05) is 77.6 Å². The summed E-state index contributed by atoms with van der Waals surface area (Å²) in [7, 11) is 2.57. The summed E-state index contributed by atoms with van der Waals surface area (Å²) in [5.74, 6) is 2.26. The summed E-state index contributed by atoms with van der Waals surface area (Å²) >= 11 is 13.8. The molecule has 4 aliphatic heterocycles. The molecule has 0 unspecified atom stereocenters. The molecule has 8 atom stereocenters. The van der Waals surface area contributed by atoms with E-state index in [0.717, 1.165) is 33.4 Å². The lowest BCUT2D eigenvalue weighted by Gasteiger charge is -2.31.